The molecule has 0 fully saturated rings. The summed E-state index contributed by atoms with van der Waals surface area (Å²) in [6, 6.07) is 8.46. The van der Waals surface area contributed by atoms with Crippen LogP contribution in [0.3, 0.4) is 0 Å². The van der Waals surface area contributed by atoms with E-state index >= 15 is 0 Å². The Hall–Kier alpha value is -1.68. The number of hydrogen-bond acceptors (Lipinski definition) is 3. The van der Waals surface area contributed by atoms with Gasteiger partial charge in [-0.2, -0.15) is 0 Å². The van der Waals surface area contributed by atoms with Gasteiger partial charge in [-0.25, -0.2) is 4.68 Å². The van der Waals surface area contributed by atoms with Gasteiger partial charge in [0.1, 0.15) is 0 Å². The highest BCUT2D eigenvalue weighted by Gasteiger charge is 2.02. The third-order valence-corrected chi connectivity index (χ3v) is 3.15. The third kappa shape index (κ3) is 3.89. The van der Waals surface area contributed by atoms with Crippen LogP contribution in [-0.4, -0.2) is 26.7 Å². The lowest BCUT2D eigenvalue weighted by atomic mass is 10.1. The van der Waals surface area contributed by atoms with Crippen molar-refractivity contribution in [1.82, 2.24) is 15.0 Å². The summed E-state index contributed by atoms with van der Waals surface area (Å²) in [6.45, 7) is 2.40. The number of aliphatic hydroxyl groups excluding tert-OH is 1. The number of hydrogen-bond donors (Lipinski definition) is 1. The molecule has 1 N–H and O–H groups in total. The molecule has 1 aromatic carbocycles. The van der Waals surface area contributed by atoms with Crippen LogP contribution in [0.1, 0.15) is 37.4 Å². The molecular weight excluding hydrogens is 238 g/mol. The minimum Gasteiger partial charge on any atom is -0.396 e. The van der Waals surface area contributed by atoms with Gasteiger partial charge < -0.3 is 5.11 Å². The topological polar surface area (TPSA) is 50.9 Å². The summed E-state index contributed by atoms with van der Waals surface area (Å²) in [7, 11) is 0. The van der Waals surface area contributed by atoms with Crippen molar-refractivity contribution in [3.8, 4) is 5.69 Å². The van der Waals surface area contributed by atoms with E-state index in [0.717, 1.165) is 30.6 Å². The van der Waals surface area contributed by atoms with Crippen molar-refractivity contribution in [2.24, 2.45) is 0 Å². The van der Waals surface area contributed by atoms with Gasteiger partial charge in [0.25, 0.3) is 0 Å². The van der Waals surface area contributed by atoms with Crippen molar-refractivity contribution >= 4 is 0 Å². The van der Waals surface area contributed by atoms with Gasteiger partial charge in [0.15, 0.2) is 0 Å². The smallest absolute Gasteiger partial charge is 0.0832 e. The lowest BCUT2D eigenvalue weighted by Crippen LogP contribution is -1.95. The van der Waals surface area contributed by atoms with Gasteiger partial charge in [0, 0.05) is 6.61 Å². The number of unbranched alkanes of at least 4 members (excludes halogenated alkanes) is 1. The van der Waals surface area contributed by atoms with Crippen molar-refractivity contribution < 1.29 is 5.11 Å². The lowest BCUT2D eigenvalue weighted by Gasteiger charge is -2.03. The van der Waals surface area contributed by atoms with Crippen LogP contribution < -0.4 is 0 Å². The summed E-state index contributed by atoms with van der Waals surface area (Å²) in [5, 5.41) is 17.0. The van der Waals surface area contributed by atoms with Gasteiger partial charge >= 0.3 is 0 Å². The Kier molecular flexibility index (Phi) is 5.10. The van der Waals surface area contributed by atoms with E-state index < -0.39 is 0 Å². The Bertz CT molecular complexity index is 490. The second kappa shape index (κ2) is 7.04. The minimum atomic E-state index is 0.193. The normalized spacial score (nSPS) is 10.8. The number of aromatic nitrogens is 3. The fraction of sp³-hybridized carbons (Fsp3) is 0.467. The zero-order valence-electron chi connectivity index (χ0n) is 11.4. The predicted molar refractivity (Wildman–Crippen MR) is 75.4 cm³/mol. The second-order valence-corrected chi connectivity index (χ2v) is 4.75. The van der Waals surface area contributed by atoms with Crippen LogP contribution in [0, 0.1) is 0 Å². The summed E-state index contributed by atoms with van der Waals surface area (Å²) in [5.41, 5.74) is 3.32. The van der Waals surface area contributed by atoms with Gasteiger partial charge in [-0.15, -0.1) is 5.10 Å². The SMILES string of the molecule is CCCCc1ccc(-n2cc(CCCO)nn2)cc1. The van der Waals surface area contributed by atoms with Crippen LogP contribution in [-0.2, 0) is 12.8 Å². The highest BCUT2D eigenvalue weighted by atomic mass is 16.2. The third-order valence-electron chi connectivity index (χ3n) is 3.15. The summed E-state index contributed by atoms with van der Waals surface area (Å²) in [6.07, 6.45) is 7.01. The molecule has 102 valence electrons. The largest absolute Gasteiger partial charge is 0.396 e. The highest BCUT2D eigenvalue weighted by Crippen LogP contribution is 2.11. The van der Waals surface area contributed by atoms with Gasteiger partial charge in [-0.05, 0) is 43.4 Å². The average molecular weight is 259 g/mol. The van der Waals surface area contributed by atoms with Crippen molar-refractivity contribution in [2.45, 2.75) is 39.0 Å². The second-order valence-electron chi connectivity index (χ2n) is 4.75. The van der Waals surface area contributed by atoms with Crippen LogP contribution in [0.15, 0.2) is 30.5 Å². The zero-order valence-corrected chi connectivity index (χ0v) is 11.4. The van der Waals surface area contributed by atoms with E-state index in [1.807, 2.05) is 6.20 Å². The molecule has 0 atom stereocenters. The molecule has 0 amide bonds. The molecule has 0 spiro atoms. The Labute approximate surface area is 114 Å². The molecule has 4 heteroatoms. The summed E-state index contributed by atoms with van der Waals surface area (Å²) < 4.78 is 1.79. The van der Waals surface area contributed by atoms with Crippen LogP contribution in [0.25, 0.3) is 5.69 Å². The van der Waals surface area contributed by atoms with E-state index in [1.54, 1.807) is 4.68 Å². The Balaban J connectivity index is 2.02. The molecular formula is C15H21N3O. The number of nitrogens with zero attached hydrogens (tertiary/aromatic N) is 3. The standard InChI is InChI=1S/C15H21N3O/c1-2-3-5-13-7-9-15(10-8-13)18-12-14(16-17-18)6-4-11-19/h7-10,12,19H,2-6,11H2,1H3. The first-order valence-corrected chi connectivity index (χ1v) is 6.95. The number of aryl methyl sites for hydroxylation is 2. The van der Waals surface area contributed by atoms with Gasteiger partial charge in [0.05, 0.1) is 17.6 Å². The fourth-order valence-electron chi connectivity index (χ4n) is 2.00. The van der Waals surface area contributed by atoms with E-state index in [0.29, 0.717) is 0 Å². The molecule has 0 aliphatic carbocycles. The van der Waals surface area contributed by atoms with E-state index in [9.17, 15) is 0 Å². The molecule has 0 aliphatic rings. The Morgan fingerprint density at radius 3 is 2.58 bits per heavy atom. The molecule has 2 rings (SSSR count). The molecule has 4 nitrogen and oxygen atoms in total. The molecule has 2 aromatic rings. The van der Waals surface area contributed by atoms with Crippen LogP contribution in [0.5, 0.6) is 0 Å². The Morgan fingerprint density at radius 1 is 1.11 bits per heavy atom. The summed E-state index contributed by atoms with van der Waals surface area (Å²) in [5.74, 6) is 0. The fourth-order valence-corrected chi connectivity index (χ4v) is 2.00. The predicted octanol–water partition coefficient (Wildman–Crippen LogP) is 2.53. The monoisotopic (exact) mass is 259 g/mol. The van der Waals surface area contributed by atoms with E-state index in [-0.39, 0.29) is 6.61 Å². The quantitative estimate of drug-likeness (QED) is 0.831. The maximum Gasteiger partial charge on any atom is 0.0832 e. The number of rotatable bonds is 7. The molecule has 0 unspecified atom stereocenters. The van der Waals surface area contributed by atoms with Crippen molar-refractivity contribution in [3.05, 3.63) is 41.7 Å². The first-order valence-electron chi connectivity index (χ1n) is 6.95. The molecule has 0 bridgehead atoms. The Morgan fingerprint density at radius 2 is 1.89 bits per heavy atom. The summed E-state index contributed by atoms with van der Waals surface area (Å²) >= 11 is 0. The van der Waals surface area contributed by atoms with Crippen molar-refractivity contribution in [3.63, 3.8) is 0 Å². The highest BCUT2D eigenvalue weighted by molar-refractivity contribution is 5.33. The molecule has 0 aliphatic heterocycles. The van der Waals surface area contributed by atoms with E-state index in [2.05, 4.69) is 41.5 Å². The molecule has 1 heterocycles. The zero-order chi connectivity index (χ0) is 13.5. The molecule has 0 radical (unpaired) electrons. The van der Waals surface area contributed by atoms with E-state index in [4.69, 9.17) is 5.11 Å². The first-order chi connectivity index (χ1) is 9.33. The van der Waals surface area contributed by atoms with Gasteiger partial charge in [0.2, 0.25) is 0 Å². The van der Waals surface area contributed by atoms with E-state index in [1.165, 1.54) is 18.4 Å². The summed E-state index contributed by atoms with van der Waals surface area (Å²) in [4.78, 5) is 0. The minimum absolute atomic E-state index is 0.193. The number of benzene rings is 1. The van der Waals surface area contributed by atoms with Crippen molar-refractivity contribution in [2.75, 3.05) is 6.61 Å². The first kappa shape index (κ1) is 13.7. The number of aliphatic hydroxyl groups is 1. The maximum atomic E-state index is 8.80. The van der Waals surface area contributed by atoms with Crippen LogP contribution in [0.4, 0.5) is 0 Å². The van der Waals surface area contributed by atoms with Crippen LogP contribution >= 0.6 is 0 Å². The van der Waals surface area contributed by atoms with Crippen molar-refractivity contribution in [1.29, 1.82) is 0 Å². The molecule has 0 saturated heterocycles. The van der Waals surface area contributed by atoms with Gasteiger partial charge in [-0.1, -0.05) is 30.7 Å². The van der Waals surface area contributed by atoms with Gasteiger partial charge in [-0.3, -0.25) is 0 Å². The molecule has 19 heavy (non-hydrogen) atoms. The lowest BCUT2D eigenvalue weighted by molar-refractivity contribution is 0.288. The average Bonchev–Trinajstić information content (AvgIpc) is 2.92. The molecule has 1 aromatic heterocycles. The van der Waals surface area contributed by atoms with Crippen LogP contribution in [0.2, 0.25) is 0 Å². The maximum absolute atomic E-state index is 8.80. The molecule has 0 saturated carbocycles.